The third kappa shape index (κ3) is 3.77. The number of ketones is 1. The van der Waals surface area contributed by atoms with Gasteiger partial charge in [0.15, 0.2) is 34.3 Å². The molecule has 0 N–H and O–H groups in total. The van der Waals surface area contributed by atoms with Gasteiger partial charge in [0.25, 0.3) is 5.56 Å². The fourth-order valence-electron chi connectivity index (χ4n) is 3.24. The van der Waals surface area contributed by atoms with E-state index in [1.807, 2.05) is 0 Å². The van der Waals surface area contributed by atoms with E-state index in [2.05, 4.69) is 22.7 Å². The van der Waals surface area contributed by atoms with Gasteiger partial charge in [-0.1, -0.05) is 11.8 Å². The van der Waals surface area contributed by atoms with E-state index >= 15 is 0 Å². The smallest absolute Gasteiger partial charge is 0.334 e. The summed E-state index contributed by atoms with van der Waals surface area (Å²) in [6, 6.07) is 4.35. The fourth-order valence-corrected chi connectivity index (χ4v) is 3.24. The van der Waals surface area contributed by atoms with E-state index in [9.17, 15) is 14.4 Å². The summed E-state index contributed by atoms with van der Waals surface area (Å²) in [5.74, 6) is 9.26. The number of terminal acetylenes is 1. The Hall–Kier alpha value is -4.24. The number of rotatable bonds is 5. The van der Waals surface area contributed by atoms with Crippen molar-refractivity contribution < 1.29 is 14.3 Å². The van der Waals surface area contributed by atoms with Gasteiger partial charge in [-0.3, -0.25) is 14.2 Å². The first-order valence-corrected chi connectivity index (χ1v) is 9.64. The molecule has 3 aromatic rings. The highest BCUT2D eigenvalue weighted by atomic mass is 16.5. The molecule has 0 aliphatic carbocycles. The fraction of sp³-hybridized carbons (Fsp3) is 0.304. The molecule has 164 valence electrons. The zero-order valence-electron chi connectivity index (χ0n) is 18.4. The highest BCUT2D eigenvalue weighted by Crippen LogP contribution is 2.27. The molecule has 0 saturated heterocycles. The Kier molecular flexibility index (Phi) is 6.22. The van der Waals surface area contributed by atoms with E-state index in [4.69, 9.17) is 15.9 Å². The summed E-state index contributed by atoms with van der Waals surface area (Å²) in [6.45, 7) is 2.70. The van der Waals surface area contributed by atoms with Gasteiger partial charge in [0.2, 0.25) is 0 Å². The van der Waals surface area contributed by atoms with Crippen LogP contribution in [0.5, 0.6) is 11.5 Å². The Balaban J connectivity index is 2.27. The second-order valence-corrected chi connectivity index (χ2v) is 7.02. The van der Waals surface area contributed by atoms with Crippen molar-refractivity contribution in [2.45, 2.75) is 26.4 Å². The van der Waals surface area contributed by atoms with Crippen LogP contribution in [0, 0.1) is 24.2 Å². The number of hydrogen-bond donors (Lipinski definition) is 0. The molecule has 0 radical (unpaired) electrons. The van der Waals surface area contributed by atoms with E-state index < -0.39 is 17.3 Å². The van der Waals surface area contributed by atoms with Gasteiger partial charge >= 0.3 is 5.69 Å². The lowest BCUT2D eigenvalue weighted by molar-refractivity contribution is -0.119. The number of aromatic nitrogens is 4. The Morgan fingerprint density at radius 1 is 1.19 bits per heavy atom. The van der Waals surface area contributed by atoms with Crippen molar-refractivity contribution in [3.8, 4) is 35.7 Å². The number of hydrogen-bond acceptors (Lipinski definition) is 6. The van der Waals surface area contributed by atoms with E-state index in [1.54, 1.807) is 32.2 Å². The number of fused-ring (bicyclic) bond motifs is 1. The summed E-state index contributed by atoms with van der Waals surface area (Å²) >= 11 is 0. The van der Waals surface area contributed by atoms with Crippen LogP contribution < -0.4 is 20.7 Å². The van der Waals surface area contributed by atoms with Crippen molar-refractivity contribution in [2.24, 2.45) is 7.05 Å². The summed E-state index contributed by atoms with van der Waals surface area (Å²) in [4.78, 5) is 42.4. The van der Waals surface area contributed by atoms with Crippen LogP contribution in [0.4, 0.5) is 0 Å². The molecule has 9 heteroatoms. The van der Waals surface area contributed by atoms with Gasteiger partial charge in [-0.05, 0) is 38.0 Å². The summed E-state index contributed by atoms with van der Waals surface area (Å²) < 4.78 is 14.1. The third-order valence-electron chi connectivity index (χ3n) is 5.12. The van der Waals surface area contributed by atoms with Gasteiger partial charge in [-0.15, -0.1) is 6.42 Å². The molecule has 0 spiro atoms. The van der Waals surface area contributed by atoms with Crippen molar-refractivity contribution in [1.29, 1.82) is 0 Å². The lowest BCUT2D eigenvalue weighted by atomic mass is 10.2. The first kappa shape index (κ1) is 22.4. The average molecular weight is 434 g/mol. The van der Waals surface area contributed by atoms with Crippen LogP contribution in [-0.2, 0) is 18.4 Å². The van der Waals surface area contributed by atoms with Crippen molar-refractivity contribution in [3.63, 3.8) is 0 Å². The maximum absolute atomic E-state index is 13.0. The molecule has 0 amide bonds. The molecule has 1 atom stereocenters. The minimum Gasteiger partial charge on any atom is -0.493 e. The van der Waals surface area contributed by atoms with Crippen LogP contribution in [0.2, 0.25) is 0 Å². The molecule has 0 fully saturated rings. The Morgan fingerprint density at radius 3 is 2.47 bits per heavy atom. The van der Waals surface area contributed by atoms with Crippen LogP contribution in [0.25, 0.3) is 11.2 Å². The zero-order valence-corrected chi connectivity index (χ0v) is 18.4. The van der Waals surface area contributed by atoms with Gasteiger partial charge in [0.05, 0.1) is 26.8 Å². The zero-order chi connectivity index (χ0) is 23.6. The molecule has 1 unspecified atom stereocenters. The van der Waals surface area contributed by atoms with Crippen LogP contribution in [0.15, 0.2) is 27.8 Å². The largest absolute Gasteiger partial charge is 0.493 e. The summed E-state index contributed by atoms with van der Waals surface area (Å²) in [7, 11) is 4.68. The maximum Gasteiger partial charge on any atom is 0.334 e. The second kappa shape index (κ2) is 8.86. The van der Waals surface area contributed by atoms with Crippen LogP contribution in [-0.4, -0.2) is 38.7 Å². The summed E-state index contributed by atoms with van der Waals surface area (Å²) in [6.07, 6.45) is 5.34. The van der Waals surface area contributed by atoms with E-state index in [0.717, 1.165) is 4.57 Å². The predicted octanol–water partition coefficient (Wildman–Crippen LogP) is 1.10. The molecule has 2 heterocycles. The standard InChI is InChI=1S/C23H22N4O5/c1-7-12-26-22(29)20-21(27(23(26)30)14(2)15(3)28)24-19(25(20)4)11-9-16-8-10-17(31-5)18(13-16)32-6/h1,8,10,13-14H,12H2,2-6H3. The Morgan fingerprint density at radius 2 is 1.88 bits per heavy atom. The van der Waals surface area contributed by atoms with E-state index in [0.29, 0.717) is 17.1 Å². The highest BCUT2D eigenvalue weighted by Gasteiger charge is 2.23. The normalized spacial score (nSPS) is 11.4. The number of carbonyl (C=O) groups excluding carboxylic acids is 1. The summed E-state index contributed by atoms with van der Waals surface area (Å²) in [5.41, 5.74) is -0.446. The molecule has 0 bridgehead atoms. The number of aryl methyl sites for hydroxylation is 1. The maximum atomic E-state index is 13.0. The quantitative estimate of drug-likeness (QED) is 0.558. The second-order valence-electron chi connectivity index (χ2n) is 7.02. The highest BCUT2D eigenvalue weighted by molar-refractivity contribution is 5.82. The van der Waals surface area contributed by atoms with Crippen LogP contribution >= 0.6 is 0 Å². The molecular formula is C23H22N4O5. The van der Waals surface area contributed by atoms with Gasteiger partial charge in [-0.2, -0.15) is 0 Å². The number of imidazole rings is 1. The average Bonchev–Trinajstić information content (AvgIpc) is 3.10. The van der Waals surface area contributed by atoms with E-state index in [1.165, 1.54) is 30.3 Å². The minimum atomic E-state index is -0.837. The number of Topliss-reactive ketones (excluding diaryl/α,β-unsaturated/α-hetero) is 1. The molecule has 0 aliphatic rings. The number of benzene rings is 1. The van der Waals surface area contributed by atoms with Crippen molar-refractivity contribution in [2.75, 3.05) is 14.2 Å². The van der Waals surface area contributed by atoms with Gasteiger partial charge in [0, 0.05) is 12.6 Å². The number of methoxy groups -OCH3 is 2. The van der Waals surface area contributed by atoms with Crippen LogP contribution in [0.3, 0.4) is 0 Å². The molecule has 9 nitrogen and oxygen atoms in total. The van der Waals surface area contributed by atoms with Gasteiger partial charge in [-0.25, -0.2) is 14.3 Å². The van der Waals surface area contributed by atoms with Crippen molar-refractivity contribution >= 4 is 16.9 Å². The summed E-state index contributed by atoms with van der Waals surface area (Å²) in [5, 5.41) is 0. The molecule has 32 heavy (non-hydrogen) atoms. The Labute approximate surface area is 184 Å². The third-order valence-corrected chi connectivity index (χ3v) is 5.12. The Bertz CT molecular complexity index is 1440. The molecule has 2 aromatic heterocycles. The SMILES string of the molecule is C#CCn1c(=O)c2c(nc(C#Cc3ccc(OC)c(OC)c3)n2C)n(C(C)C(C)=O)c1=O. The number of carbonyl (C=O) groups is 1. The molecular weight excluding hydrogens is 412 g/mol. The first-order valence-electron chi connectivity index (χ1n) is 9.64. The molecule has 0 saturated carbocycles. The van der Waals surface area contributed by atoms with Crippen molar-refractivity contribution in [1.82, 2.24) is 18.7 Å². The lowest BCUT2D eigenvalue weighted by Crippen LogP contribution is -2.42. The minimum absolute atomic E-state index is 0.0788. The first-order chi connectivity index (χ1) is 15.2. The molecule has 0 aliphatic heterocycles. The molecule has 3 rings (SSSR count). The lowest BCUT2D eigenvalue weighted by Gasteiger charge is -2.14. The number of nitrogens with zero attached hydrogens (tertiary/aromatic N) is 4. The topological polar surface area (TPSA) is 97.3 Å². The monoisotopic (exact) mass is 434 g/mol. The van der Waals surface area contributed by atoms with Crippen LogP contribution in [0.1, 0.15) is 31.3 Å². The van der Waals surface area contributed by atoms with Gasteiger partial charge < -0.3 is 14.0 Å². The molecule has 1 aromatic carbocycles. The number of ether oxygens (including phenoxy) is 2. The van der Waals surface area contributed by atoms with Crippen molar-refractivity contribution in [3.05, 3.63) is 50.4 Å². The van der Waals surface area contributed by atoms with E-state index in [-0.39, 0.29) is 29.3 Å². The van der Waals surface area contributed by atoms with Gasteiger partial charge in [0.1, 0.15) is 0 Å². The predicted molar refractivity (Wildman–Crippen MR) is 119 cm³/mol.